The Morgan fingerprint density at radius 3 is 1.67 bits per heavy atom. The summed E-state index contributed by atoms with van der Waals surface area (Å²) in [5, 5.41) is 55.5. The molecular formula is C43H56N19O31P5. The number of fused-ring (bicyclic) bond motifs is 4. The predicted molar refractivity (Wildman–Crippen MR) is 310 cm³/mol. The summed E-state index contributed by atoms with van der Waals surface area (Å²) in [5.41, 5.74) is 14.0. The molecule has 98 heavy (non-hydrogen) atoms. The van der Waals surface area contributed by atoms with Crippen molar-refractivity contribution in [3.8, 4) is 0 Å². The number of H-pyrrole nitrogens is 3. The molecule has 8 aromatic heterocycles. The van der Waals surface area contributed by atoms with Crippen LogP contribution >= 0.6 is 39.1 Å². The number of phosphoric ester groups is 4. The number of methoxy groups -OCH3 is 1. The number of nitrogens with one attached hydrogen (secondary N) is 3. The molecule has 0 aromatic carbocycles. The smallest absolute Gasteiger partial charge is 0.478 e. The van der Waals surface area contributed by atoms with Crippen molar-refractivity contribution in [1.82, 2.24) is 73.1 Å². The maximum atomic E-state index is 14.3. The normalized spacial score (nSPS) is 30.7. The van der Waals surface area contributed by atoms with Crippen LogP contribution in [0.4, 0.5) is 17.7 Å². The molecule has 4 aliphatic heterocycles. The molecule has 8 aromatic rings. The Bertz CT molecular complexity index is 4820. The first-order valence-electron chi connectivity index (χ1n) is 27.9. The number of anilines is 3. The van der Waals surface area contributed by atoms with Crippen LogP contribution in [0.2, 0.25) is 0 Å². The third kappa shape index (κ3) is 14.1. The van der Waals surface area contributed by atoms with Crippen LogP contribution in [0.5, 0.6) is 0 Å². The Kier molecular flexibility index (Phi) is 19.3. The number of nitrogens with two attached hydrogens (primary N) is 3. The Morgan fingerprint density at radius 2 is 1.04 bits per heavy atom. The van der Waals surface area contributed by atoms with Crippen LogP contribution in [0.15, 0.2) is 46.0 Å². The number of imidazole rings is 4. The highest BCUT2D eigenvalue weighted by molar-refractivity contribution is 7.66. The third-order valence-corrected chi connectivity index (χ3v) is 21.5. The van der Waals surface area contributed by atoms with E-state index in [1.54, 1.807) is 0 Å². The number of ether oxygens (including phenoxy) is 5. The lowest BCUT2D eigenvalue weighted by molar-refractivity contribution is -0.745. The number of aliphatic hydroxyl groups excluding tert-OH is 5. The summed E-state index contributed by atoms with van der Waals surface area (Å²) in [6.07, 6.45) is -24.3. The molecule has 4 saturated heterocycles. The van der Waals surface area contributed by atoms with Crippen molar-refractivity contribution in [2.24, 2.45) is 7.05 Å². The predicted octanol–water partition coefficient (Wildman–Crippen LogP) is -6.14. The SMILES string of the molecule is COC1[C@@H](OP(=O)(O)OC[C@H]2O[C@@H](n3cnc4c(N)ncnc43)C(O)[C@H]2OP(=O)(O)OC[C@H]2O[C@@H](n3cnc4c(=O)[nH]c(C)nc43)C(O)[C@H]2O)[C@@H](COP(=O)(O)OP(=O)([O-])OP(=O)(O)OC[C@H]2O[C@@H]([n+]3cn(C)c4c(=O)[nH]c(N)nc43)C(O)C2O)O[C@H]1n1cnc2c(=O)[nH]c(N)nc21. The van der Waals surface area contributed by atoms with Gasteiger partial charge in [0.25, 0.3) is 30.4 Å². The largest absolute Gasteiger partial charge is 0.756 e. The summed E-state index contributed by atoms with van der Waals surface area (Å²) in [4.78, 5) is 134. The second-order valence-corrected chi connectivity index (χ2v) is 29.2. The van der Waals surface area contributed by atoms with Crippen LogP contribution < -0.4 is 43.3 Å². The van der Waals surface area contributed by atoms with Gasteiger partial charge in [0.2, 0.25) is 17.7 Å². The van der Waals surface area contributed by atoms with E-state index in [4.69, 9.17) is 63.5 Å². The average Bonchev–Trinajstić information content (AvgIpc) is 1.63. The van der Waals surface area contributed by atoms with Gasteiger partial charge in [0.15, 0.2) is 58.8 Å². The standard InChI is InChI=1S/C43H56N19O31P5/c1-13-52-32-19(35(68)53-13)50-10-60(32)38-24(65)22(63)14(86-38)4-82-94(71,72)90-27-16(88-40(26(27)67)59-9-49-18-30(44)47-8-48-31(18)59)6-83-95(73,74)91-28-17(89-41(29(28)81-3)61-11-51-20-33(61)54-42(45)56-36(20)69)7-85-97(77,78)93-98(79,80)92-96(75,76)84-5-15-23(64)25(66)39(87-15)62-12-58(2)21-34(62)55-43(46)57-37(21)70/h8-12,14-17,22-29,38-41,63-67H,4-7H2,1-3H3,(H13-,44,45,46,47,48,52,53,54,55,56,57,68,69,70,71,72,73,74,75,76,77,78,79,80)/t14-,15-,16-,17-,22+,23?,24?,25?,26?,27+,28+,29?,38-,39-,40-,41-/m1/s1. The van der Waals surface area contributed by atoms with Crippen molar-refractivity contribution in [1.29, 1.82) is 0 Å². The maximum absolute atomic E-state index is 14.3. The lowest BCUT2D eigenvalue weighted by Gasteiger charge is -2.28. The van der Waals surface area contributed by atoms with Crippen LogP contribution in [0, 0.1) is 6.92 Å². The molecule has 0 amide bonds. The van der Waals surface area contributed by atoms with Crippen molar-refractivity contribution in [2.75, 3.05) is 50.7 Å². The lowest BCUT2D eigenvalue weighted by Crippen LogP contribution is -2.46. The minimum absolute atomic E-state index is 0.0314. The molecule has 21 atom stereocenters. The van der Waals surface area contributed by atoms with Crippen LogP contribution in [-0.2, 0) is 89.3 Å². The maximum Gasteiger partial charge on any atom is 0.478 e. The van der Waals surface area contributed by atoms with Crippen molar-refractivity contribution >= 4 is 101 Å². The van der Waals surface area contributed by atoms with Crippen molar-refractivity contribution in [3.63, 3.8) is 0 Å². The quantitative estimate of drug-likeness (QED) is 0.0187. The fourth-order valence-electron chi connectivity index (χ4n) is 11.1. The van der Waals surface area contributed by atoms with Crippen LogP contribution in [0.25, 0.3) is 44.7 Å². The summed E-state index contributed by atoms with van der Waals surface area (Å²) < 4.78 is 141. The highest BCUT2D eigenvalue weighted by Crippen LogP contribution is 2.66. The van der Waals surface area contributed by atoms with Crippen LogP contribution in [-0.4, -0.2) is 225 Å². The van der Waals surface area contributed by atoms with Gasteiger partial charge in [-0.1, -0.05) is 4.98 Å². The number of rotatable bonds is 25. The van der Waals surface area contributed by atoms with E-state index >= 15 is 0 Å². The molecule has 0 saturated carbocycles. The highest BCUT2D eigenvalue weighted by atomic mass is 31.3. The summed E-state index contributed by atoms with van der Waals surface area (Å²) >= 11 is 0. The number of aromatic nitrogens is 16. The van der Waals surface area contributed by atoms with E-state index in [-0.39, 0.29) is 62.2 Å². The first kappa shape index (κ1) is 71.1. The summed E-state index contributed by atoms with van der Waals surface area (Å²) in [6.45, 7) is -3.53. The van der Waals surface area contributed by atoms with Gasteiger partial charge in [-0.25, -0.2) is 61.4 Å². The fourth-order valence-corrected chi connectivity index (χ4v) is 16.4. The molecule has 10 unspecified atom stereocenters. The summed E-state index contributed by atoms with van der Waals surface area (Å²) in [7, 11) is -27.8. The lowest BCUT2D eigenvalue weighted by atomic mass is 10.1. The van der Waals surface area contributed by atoms with Gasteiger partial charge in [0.05, 0.1) is 52.5 Å². The van der Waals surface area contributed by atoms with Crippen molar-refractivity contribution in [3.05, 3.63) is 68.5 Å². The van der Waals surface area contributed by atoms with Gasteiger partial charge >= 0.3 is 36.9 Å². The summed E-state index contributed by atoms with van der Waals surface area (Å²) in [6, 6.07) is 0. The number of aromatic amines is 3. The minimum atomic E-state index is -6.59. The molecule has 534 valence electrons. The highest BCUT2D eigenvalue weighted by Gasteiger charge is 2.55. The molecule has 0 bridgehead atoms. The van der Waals surface area contributed by atoms with E-state index in [1.807, 2.05) is 0 Å². The first-order chi connectivity index (χ1) is 46.0. The van der Waals surface area contributed by atoms with Gasteiger partial charge in [-0.15, -0.1) is 0 Å². The molecule has 50 nitrogen and oxygen atoms in total. The molecule has 0 aliphatic carbocycles. The van der Waals surface area contributed by atoms with E-state index in [2.05, 4.69) is 68.0 Å². The van der Waals surface area contributed by atoms with Crippen molar-refractivity contribution in [2.45, 2.75) is 105 Å². The zero-order chi connectivity index (χ0) is 70.6. The second kappa shape index (κ2) is 26.6. The average molecular weight is 1490 g/mol. The van der Waals surface area contributed by atoms with E-state index in [0.717, 1.165) is 50.7 Å². The summed E-state index contributed by atoms with van der Waals surface area (Å²) in [5.74, 6) is -0.814. The van der Waals surface area contributed by atoms with E-state index in [9.17, 15) is 87.2 Å². The molecule has 0 spiro atoms. The zero-order valence-corrected chi connectivity index (χ0v) is 54.2. The molecule has 4 fully saturated rings. The van der Waals surface area contributed by atoms with Crippen LogP contribution in [0.3, 0.4) is 0 Å². The number of hydrogen-bond donors (Lipinski definition) is 15. The Hall–Kier alpha value is -6.77. The first-order valence-corrected chi connectivity index (χ1v) is 35.4. The Morgan fingerprint density at radius 1 is 0.561 bits per heavy atom. The number of aliphatic hydroxyl groups is 5. The molecule has 0 radical (unpaired) electrons. The van der Waals surface area contributed by atoms with Crippen molar-refractivity contribution < 1.29 is 137 Å². The third-order valence-electron chi connectivity index (χ3n) is 15.3. The van der Waals surface area contributed by atoms with Gasteiger partial charge in [0, 0.05) is 7.11 Å². The Balaban J connectivity index is 0.741. The van der Waals surface area contributed by atoms with E-state index in [0.29, 0.717) is 0 Å². The zero-order valence-electron chi connectivity index (χ0n) is 49.7. The van der Waals surface area contributed by atoms with Gasteiger partial charge in [-0.05, 0) is 6.92 Å². The van der Waals surface area contributed by atoms with Gasteiger partial charge in [-0.3, -0.25) is 74.3 Å². The van der Waals surface area contributed by atoms with E-state index < -0.39 is 186 Å². The number of phosphoric acid groups is 5. The number of nitrogens with zero attached hydrogens (tertiary/aromatic N) is 13. The molecule has 18 N–H and O–H groups in total. The molecule has 4 aliphatic rings. The molecule has 12 rings (SSSR count). The number of nitrogen functional groups attached to an aromatic ring is 3. The van der Waals surface area contributed by atoms with E-state index in [1.165, 1.54) is 24.9 Å². The minimum Gasteiger partial charge on any atom is -0.756 e. The number of aryl methyl sites for hydroxylation is 2. The Labute approximate surface area is 541 Å². The monoisotopic (exact) mass is 1490 g/mol. The van der Waals surface area contributed by atoms with Gasteiger partial charge < -0.3 is 95.9 Å². The fraction of sp³-hybridized carbons (Fsp3) is 0.535. The molecule has 12 heterocycles. The van der Waals surface area contributed by atoms with Gasteiger partial charge in [-0.2, -0.15) is 4.98 Å². The molecular weight excluding hydrogens is 1430 g/mol. The molecule has 55 heteroatoms. The van der Waals surface area contributed by atoms with Gasteiger partial charge in [0.1, 0.15) is 90.9 Å². The second-order valence-electron chi connectivity index (χ2n) is 21.8. The topological polar surface area (TPSA) is 714 Å². The van der Waals surface area contributed by atoms with Crippen LogP contribution in [0.1, 0.15) is 30.7 Å². The number of hydrogen-bond acceptors (Lipinski definition) is 38.